The van der Waals surface area contributed by atoms with Crippen molar-refractivity contribution in [1.29, 1.82) is 0 Å². The summed E-state index contributed by atoms with van der Waals surface area (Å²) in [6.45, 7) is 1.75. The first-order chi connectivity index (χ1) is 10.2. The quantitative estimate of drug-likeness (QED) is 0.631. The zero-order valence-corrected chi connectivity index (χ0v) is 12.9. The van der Waals surface area contributed by atoms with Gasteiger partial charge in [0.2, 0.25) is 0 Å². The highest BCUT2D eigenvalue weighted by Crippen LogP contribution is 2.35. The number of hydrogen-bond acceptors (Lipinski definition) is 3. The van der Waals surface area contributed by atoms with Crippen LogP contribution in [0.5, 0.6) is 0 Å². The van der Waals surface area contributed by atoms with Gasteiger partial charge in [0.25, 0.3) is 0 Å². The van der Waals surface area contributed by atoms with Crippen molar-refractivity contribution in [3.63, 3.8) is 0 Å². The molecule has 2 aromatic heterocycles. The maximum absolute atomic E-state index is 13.4. The summed E-state index contributed by atoms with van der Waals surface area (Å²) in [5, 5.41) is 0.894. The number of hydrogen-bond donors (Lipinski definition) is 0. The van der Waals surface area contributed by atoms with Crippen LogP contribution in [0, 0.1) is 12.7 Å². The van der Waals surface area contributed by atoms with E-state index in [9.17, 15) is 4.39 Å². The molecule has 0 bridgehead atoms. The van der Waals surface area contributed by atoms with Gasteiger partial charge in [-0.25, -0.2) is 9.37 Å². The number of aromatic nitrogens is 2. The van der Waals surface area contributed by atoms with Gasteiger partial charge >= 0.3 is 0 Å². The number of thiazole rings is 1. The number of nitrogens with zero attached hydrogens (tertiary/aromatic N) is 2. The van der Waals surface area contributed by atoms with Crippen LogP contribution in [0.1, 0.15) is 10.4 Å². The van der Waals surface area contributed by atoms with Crippen LogP contribution < -0.4 is 0 Å². The van der Waals surface area contributed by atoms with Crippen LogP contribution in [-0.4, -0.2) is 9.97 Å². The Kier molecular flexibility index (Phi) is 3.99. The van der Waals surface area contributed by atoms with Crippen molar-refractivity contribution in [1.82, 2.24) is 9.97 Å². The minimum Gasteiger partial charge on any atom is -0.265 e. The Labute approximate surface area is 131 Å². The number of benzene rings is 1. The lowest BCUT2D eigenvalue weighted by Crippen LogP contribution is -1.87. The molecule has 0 atom stereocenters. The SMILES string of the molecule is Cc1cc(-c2nc(-c3ccncc3)sc2CCl)ccc1F. The number of halogens is 2. The van der Waals surface area contributed by atoms with Crippen LogP contribution in [0.25, 0.3) is 21.8 Å². The molecule has 0 radical (unpaired) electrons. The van der Waals surface area contributed by atoms with Gasteiger partial charge in [0.1, 0.15) is 10.8 Å². The van der Waals surface area contributed by atoms with E-state index in [0.29, 0.717) is 11.4 Å². The van der Waals surface area contributed by atoms with E-state index in [1.54, 1.807) is 42.8 Å². The summed E-state index contributed by atoms with van der Waals surface area (Å²) in [6, 6.07) is 8.84. The third-order valence-corrected chi connectivity index (χ3v) is 4.71. The molecule has 1 aromatic carbocycles. The first-order valence-corrected chi connectivity index (χ1v) is 7.76. The Hall–Kier alpha value is -1.78. The highest BCUT2D eigenvalue weighted by molar-refractivity contribution is 7.15. The standard InChI is InChI=1S/C16H12ClFN2S/c1-10-8-12(2-3-13(10)18)15-14(9-17)21-16(20-15)11-4-6-19-7-5-11/h2-8H,9H2,1H3. The predicted molar refractivity (Wildman–Crippen MR) is 85.0 cm³/mol. The van der Waals surface area contributed by atoms with Crippen LogP contribution in [-0.2, 0) is 5.88 Å². The smallest absolute Gasteiger partial charge is 0.126 e. The van der Waals surface area contributed by atoms with Crippen molar-refractivity contribution in [3.05, 3.63) is 59.0 Å². The molecule has 5 heteroatoms. The monoisotopic (exact) mass is 318 g/mol. The van der Waals surface area contributed by atoms with Gasteiger partial charge in [0, 0.05) is 28.4 Å². The lowest BCUT2D eigenvalue weighted by atomic mass is 10.1. The largest absolute Gasteiger partial charge is 0.265 e. The van der Waals surface area contributed by atoms with Gasteiger partial charge < -0.3 is 0 Å². The van der Waals surface area contributed by atoms with Crippen molar-refractivity contribution in [2.75, 3.05) is 0 Å². The zero-order valence-electron chi connectivity index (χ0n) is 11.3. The second-order valence-corrected chi connectivity index (χ2v) is 5.98. The summed E-state index contributed by atoms with van der Waals surface area (Å²) >= 11 is 7.59. The predicted octanol–water partition coefficient (Wildman–Crippen LogP) is 5.06. The topological polar surface area (TPSA) is 25.8 Å². The summed E-state index contributed by atoms with van der Waals surface area (Å²) in [5.41, 5.74) is 3.32. The summed E-state index contributed by atoms with van der Waals surface area (Å²) in [6.07, 6.45) is 3.47. The van der Waals surface area contributed by atoms with Crippen molar-refractivity contribution in [2.45, 2.75) is 12.8 Å². The molecule has 21 heavy (non-hydrogen) atoms. The molecule has 2 nitrogen and oxygen atoms in total. The van der Waals surface area contributed by atoms with Crippen molar-refractivity contribution < 1.29 is 4.39 Å². The summed E-state index contributed by atoms with van der Waals surface area (Å²) in [5.74, 6) is 0.171. The van der Waals surface area contributed by atoms with Gasteiger partial charge in [-0.05, 0) is 42.8 Å². The third-order valence-electron chi connectivity index (χ3n) is 3.18. The molecule has 0 fully saturated rings. The Balaban J connectivity index is 2.10. The van der Waals surface area contributed by atoms with E-state index in [1.807, 2.05) is 12.1 Å². The molecule has 0 amide bonds. The van der Waals surface area contributed by atoms with Crippen LogP contribution in [0.2, 0.25) is 0 Å². The van der Waals surface area contributed by atoms with Gasteiger partial charge in [-0.1, -0.05) is 0 Å². The Bertz CT molecular complexity index is 771. The van der Waals surface area contributed by atoms with Gasteiger partial charge in [-0.2, -0.15) is 0 Å². The molecule has 3 rings (SSSR count). The number of pyridine rings is 1. The first-order valence-electron chi connectivity index (χ1n) is 6.41. The average molecular weight is 319 g/mol. The highest BCUT2D eigenvalue weighted by Gasteiger charge is 2.14. The van der Waals surface area contributed by atoms with Crippen LogP contribution >= 0.6 is 22.9 Å². The summed E-state index contributed by atoms with van der Waals surface area (Å²) < 4.78 is 13.4. The molecule has 0 aliphatic carbocycles. The van der Waals surface area contributed by atoms with Gasteiger partial charge in [-0.15, -0.1) is 22.9 Å². The van der Waals surface area contributed by atoms with E-state index in [1.165, 1.54) is 6.07 Å². The molecule has 0 N–H and O–H groups in total. The molecule has 0 aliphatic heterocycles. The maximum atomic E-state index is 13.4. The lowest BCUT2D eigenvalue weighted by molar-refractivity contribution is 0.619. The molecule has 0 aliphatic rings. The summed E-state index contributed by atoms with van der Waals surface area (Å²) in [4.78, 5) is 9.67. The fourth-order valence-corrected chi connectivity index (χ4v) is 3.31. The fourth-order valence-electron chi connectivity index (χ4n) is 2.08. The number of aryl methyl sites for hydroxylation is 1. The number of rotatable bonds is 3. The van der Waals surface area contributed by atoms with E-state index in [0.717, 1.165) is 26.7 Å². The Morgan fingerprint density at radius 3 is 2.57 bits per heavy atom. The second-order valence-electron chi connectivity index (χ2n) is 4.62. The molecule has 2 heterocycles. The van der Waals surface area contributed by atoms with Gasteiger partial charge in [0.05, 0.1) is 11.6 Å². The fraction of sp³-hybridized carbons (Fsp3) is 0.125. The van der Waals surface area contributed by atoms with E-state index in [2.05, 4.69) is 9.97 Å². The third kappa shape index (κ3) is 2.82. The number of alkyl halides is 1. The molecule has 106 valence electrons. The van der Waals surface area contributed by atoms with Crippen molar-refractivity contribution >= 4 is 22.9 Å². The van der Waals surface area contributed by atoms with Gasteiger partial charge in [-0.3, -0.25) is 4.98 Å². The maximum Gasteiger partial charge on any atom is 0.126 e. The van der Waals surface area contributed by atoms with Crippen molar-refractivity contribution in [3.8, 4) is 21.8 Å². The highest BCUT2D eigenvalue weighted by atomic mass is 35.5. The van der Waals surface area contributed by atoms with Crippen LogP contribution in [0.4, 0.5) is 4.39 Å². The lowest BCUT2D eigenvalue weighted by Gasteiger charge is -2.02. The molecular formula is C16H12ClFN2S. The first kappa shape index (κ1) is 14.2. The normalized spacial score (nSPS) is 10.8. The minimum absolute atomic E-state index is 0.212. The Morgan fingerprint density at radius 2 is 1.90 bits per heavy atom. The summed E-state index contributed by atoms with van der Waals surface area (Å²) in [7, 11) is 0. The average Bonchev–Trinajstić information content (AvgIpc) is 2.95. The molecule has 0 spiro atoms. The molecule has 3 aromatic rings. The molecule has 0 saturated heterocycles. The van der Waals surface area contributed by atoms with Gasteiger partial charge in [0.15, 0.2) is 0 Å². The molecule has 0 saturated carbocycles. The van der Waals surface area contributed by atoms with E-state index < -0.39 is 0 Å². The van der Waals surface area contributed by atoms with Crippen molar-refractivity contribution in [2.24, 2.45) is 0 Å². The Morgan fingerprint density at radius 1 is 1.14 bits per heavy atom. The molecular weight excluding hydrogens is 307 g/mol. The minimum atomic E-state index is -0.212. The molecule has 0 unspecified atom stereocenters. The second kappa shape index (κ2) is 5.92. The van der Waals surface area contributed by atoms with E-state index in [4.69, 9.17) is 11.6 Å². The van der Waals surface area contributed by atoms with E-state index in [-0.39, 0.29) is 5.82 Å². The van der Waals surface area contributed by atoms with Crippen LogP contribution in [0.15, 0.2) is 42.7 Å². The van der Waals surface area contributed by atoms with E-state index >= 15 is 0 Å². The van der Waals surface area contributed by atoms with Crippen LogP contribution in [0.3, 0.4) is 0 Å². The zero-order chi connectivity index (χ0) is 14.8.